The number of nitrogens with two attached hydrogens (primary N) is 1. The summed E-state index contributed by atoms with van der Waals surface area (Å²) in [7, 11) is 0. The van der Waals surface area contributed by atoms with Crippen molar-refractivity contribution in [3.63, 3.8) is 0 Å². The number of carbonyl (C=O) groups is 1. The molecule has 4 heteroatoms. The van der Waals surface area contributed by atoms with Crippen molar-refractivity contribution in [3.05, 3.63) is 41.7 Å². The topological polar surface area (TPSA) is 55.1 Å². The predicted molar refractivity (Wildman–Crippen MR) is 62.1 cm³/mol. The molecule has 3 N–H and O–H groups in total. The largest absolute Gasteiger partial charge is 0.349 e. The molecule has 1 atom stereocenters. The fourth-order valence-corrected chi connectivity index (χ4v) is 1.10. The number of hydrogen-bond donors (Lipinski definition) is 2. The van der Waals surface area contributed by atoms with Gasteiger partial charge in [-0.05, 0) is 30.7 Å². The summed E-state index contributed by atoms with van der Waals surface area (Å²) in [5.41, 5.74) is 6.14. The molecule has 0 unspecified atom stereocenters. The van der Waals surface area contributed by atoms with Gasteiger partial charge in [-0.25, -0.2) is 4.39 Å². The molecule has 0 aliphatic heterocycles. The fourth-order valence-electron chi connectivity index (χ4n) is 1.10. The number of nitrogens with one attached hydrogen (secondary N) is 1. The first-order chi connectivity index (χ1) is 7.61. The average Bonchev–Trinajstić information content (AvgIpc) is 2.28. The molecule has 0 aromatic heterocycles. The molecule has 1 aromatic rings. The Morgan fingerprint density at radius 1 is 1.50 bits per heavy atom. The molecule has 0 bridgehead atoms. The lowest BCUT2D eigenvalue weighted by molar-refractivity contribution is -0.116. The zero-order valence-electron chi connectivity index (χ0n) is 9.11. The molecule has 0 spiro atoms. The van der Waals surface area contributed by atoms with Crippen molar-refractivity contribution in [3.8, 4) is 0 Å². The van der Waals surface area contributed by atoms with Crippen molar-refractivity contribution in [2.24, 2.45) is 5.73 Å². The van der Waals surface area contributed by atoms with Gasteiger partial charge in [0.2, 0.25) is 5.91 Å². The summed E-state index contributed by atoms with van der Waals surface area (Å²) in [5, 5.41) is 2.69. The van der Waals surface area contributed by atoms with Crippen LogP contribution in [-0.4, -0.2) is 18.5 Å². The zero-order chi connectivity index (χ0) is 12.0. The highest BCUT2D eigenvalue weighted by molar-refractivity contribution is 5.91. The van der Waals surface area contributed by atoms with Gasteiger partial charge in [0.1, 0.15) is 5.82 Å². The molecule has 0 saturated carbocycles. The van der Waals surface area contributed by atoms with E-state index in [9.17, 15) is 9.18 Å². The third-order valence-corrected chi connectivity index (χ3v) is 2.04. The van der Waals surface area contributed by atoms with Gasteiger partial charge < -0.3 is 11.1 Å². The Kier molecular flexibility index (Phi) is 4.66. The monoisotopic (exact) mass is 222 g/mol. The summed E-state index contributed by atoms with van der Waals surface area (Å²) >= 11 is 0. The normalized spacial score (nSPS) is 12.7. The molecule has 0 radical (unpaired) electrons. The summed E-state index contributed by atoms with van der Waals surface area (Å²) in [5.74, 6) is -0.499. The minimum Gasteiger partial charge on any atom is -0.349 e. The third-order valence-electron chi connectivity index (χ3n) is 2.04. The summed E-state index contributed by atoms with van der Waals surface area (Å²) < 4.78 is 12.6. The van der Waals surface area contributed by atoms with Gasteiger partial charge in [-0.2, -0.15) is 0 Å². The summed E-state index contributed by atoms with van der Waals surface area (Å²) in [6, 6.07) is 5.85. The van der Waals surface area contributed by atoms with Gasteiger partial charge in [0, 0.05) is 18.7 Å². The maximum absolute atomic E-state index is 12.6. The number of halogens is 1. The average molecular weight is 222 g/mol. The number of hydrogen-bond acceptors (Lipinski definition) is 2. The van der Waals surface area contributed by atoms with E-state index in [-0.39, 0.29) is 17.8 Å². The first-order valence-corrected chi connectivity index (χ1v) is 5.06. The Hall–Kier alpha value is -1.68. The van der Waals surface area contributed by atoms with Crippen molar-refractivity contribution in [2.75, 3.05) is 6.54 Å². The zero-order valence-corrected chi connectivity index (χ0v) is 9.11. The molecule has 86 valence electrons. The van der Waals surface area contributed by atoms with Crippen LogP contribution in [0, 0.1) is 5.82 Å². The van der Waals surface area contributed by atoms with E-state index in [0.29, 0.717) is 6.54 Å². The Morgan fingerprint density at radius 3 is 2.69 bits per heavy atom. The highest BCUT2D eigenvalue weighted by atomic mass is 19.1. The number of rotatable bonds is 4. The smallest absolute Gasteiger partial charge is 0.244 e. The van der Waals surface area contributed by atoms with E-state index in [2.05, 4.69) is 5.32 Å². The first kappa shape index (κ1) is 12.4. The molecule has 0 aliphatic rings. The number of carbonyl (C=O) groups excluding carboxylic acids is 1. The van der Waals surface area contributed by atoms with Gasteiger partial charge in [-0.15, -0.1) is 0 Å². The lowest BCUT2D eigenvalue weighted by Gasteiger charge is -2.08. The predicted octanol–water partition coefficient (Wildman–Crippen LogP) is 1.30. The quantitative estimate of drug-likeness (QED) is 0.754. The van der Waals surface area contributed by atoms with Gasteiger partial charge in [0.25, 0.3) is 0 Å². The second-order valence-electron chi connectivity index (χ2n) is 3.53. The second-order valence-corrected chi connectivity index (χ2v) is 3.53. The van der Waals surface area contributed by atoms with Crippen LogP contribution in [0.15, 0.2) is 30.3 Å². The van der Waals surface area contributed by atoms with E-state index in [4.69, 9.17) is 5.73 Å². The Bertz CT molecular complexity index is 373. The van der Waals surface area contributed by atoms with E-state index >= 15 is 0 Å². The van der Waals surface area contributed by atoms with E-state index in [1.165, 1.54) is 18.2 Å². The van der Waals surface area contributed by atoms with Gasteiger partial charge in [-0.3, -0.25) is 4.79 Å². The van der Waals surface area contributed by atoms with Crippen LogP contribution in [0.3, 0.4) is 0 Å². The molecule has 1 amide bonds. The first-order valence-electron chi connectivity index (χ1n) is 5.06. The van der Waals surface area contributed by atoms with Crippen LogP contribution in [0.25, 0.3) is 6.08 Å². The van der Waals surface area contributed by atoms with Crippen LogP contribution >= 0.6 is 0 Å². The van der Waals surface area contributed by atoms with Crippen LogP contribution in [-0.2, 0) is 4.79 Å². The standard InChI is InChI=1S/C12H15FN2O/c1-9(8-14)15-12(16)7-4-10-2-5-11(13)6-3-10/h2-7,9H,8,14H2,1H3,(H,15,16)/b7-4+/t9-/m1/s1. The molecule has 3 nitrogen and oxygen atoms in total. The second kappa shape index (κ2) is 6.02. The SMILES string of the molecule is C[C@H](CN)NC(=O)/C=C/c1ccc(F)cc1. The van der Waals surface area contributed by atoms with Crippen molar-refractivity contribution in [1.82, 2.24) is 5.32 Å². The molecular formula is C12H15FN2O. The van der Waals surface area contributed by atoms with Gasteiger partial charge in [0.15, 0.2) is 0 Å². The van der Waals surface area contributed by atoms with Crippen molar-refractivity contribution >= 4 is 12.0 Å². The summed E-state index contributed by atoms with van der Waals surface area (Å²) in [6.45, 7) is 2.22. The highest BCUT2D eigenvalue weighted by Gasteiger charge is 2.00. The van der Waals surface area contributed by atoms with Crippen LogP contribution < -0.4 is 11.1 Å². The van der Waals surface area contributed by atoms with Crippen molar-refractivity contribution in [1.29, 1.82) is 0 Å². The summed E-state index contributed by atoms with van der Waals surface area (Å²) in [6.07, 6.45) is 3.03. The van der Waals surface area contributed by atoms with Crippen LogP contribution in [0.5, 0.6) is 0 Å². The third kappa shape index (κ3) is 4.23. The van der Waals surface area contributed by atoms with Gasteiger partial charge in [-0.1, -0.05) is 12.1 Å². The fraction of sp³-hybridized carbons (Fsp3) is 0.250. The molecule has 0 saturated heterocycles. The highest BCUT2D eigenvalue weighted by Crippen LogP contribution is 2.04. The molecule has 0 heterocycles. The number of benzene rings is 1. The van der Waals surface area contributed by atoms with E-state index in [0.717, 1.165) is 5.56 Å². The van der Waals surface area contributed by atoms with E-state index in [1.807, 2.05) is 6.92 Å². The van der Waals surface area contributed by atoms with Crippen molar-refractivity contribution < 1.29 is 9.18 Å². The molecule has 1 rings (SSSR count). The van der Waals surface area contributed by atoms with Crippen molar-refractivity contribution in [2.45, 2.75) is 13.0 Å². The maximum Gasteiger partial charge on any atom is 0.244 e. The Morgan fingerprint density at radius 2 is 2.12 bits per heavy atom. The Balaban J connectivity index is 2.53. The van der Waals surface area contributed by atoms with Crippen LogP contribution in [0.2, 0.25) is 0 Å². The maximum atomic E-state index is 12.6. The lowest BCUT2D eigenvalue weighted by atomic mass is 10.2. The molecule has 1 aromatic carbocycles. The van der Waals surface area contributed by atoms with E-state index in [1.54, 1.807) is 18.2 Å². The van der Waals surface area contributed by atoms with Gasteiger partial charge in [0.05, 0.1) is 0 Å². The number of amides is 1. The van der Waals surface area contributed by atoms with Crippen LogP contribution in [0.1, 0.15) is 12.5 Å². The lowest BCUT2D eigenvalue weighted by Crippen LogP contribution is -2.36. The minimum atomic E-state index is -0.293. The molecule has 16 heavy (non-hydrogen) atoms. The van der Waals surface area contributed by atoms with Gasteiger partial charge >= 0.3 is 0 Å². The summed E-state index contributed by atoms with van der Waals surface area (Å²) in [4.78, 5) is 11.3. The van der Waals surface area contributed by atoms with Crippen LogP contribution in [0.4, 0.5) is 4.39 Å². The Labute approximate surface area is 94.1 Å². The molecule has 0 aliphatic carbocycles. The molecular weight excluding hydrogens is 207 g/mol. The van der Waals surface area contributed by atoms with E-state index < -0.39 is 0 Å². The molecule has 0 fully saturated rings. The minimum absolute atomic E-state index is 0.0506.